The van der Waals surface area contributed by atoms with E-state index in [1.165, 1.54) is 31.9 Å². The highest BCUT2D eigenvalue weighted by Crippen LogP contribution is 2.32. The Kier molecular flexibility index (Phi) is 9.04. The molecule has 0 spiro atoms. The Labute approximate surface area is 223 Å². The van der Waals surface area contributed by atoms with Crippen LogP contribution in [0, 0.1) is 5.41 Å². The number of amides is 2. The van der Waals surface area contributed by atoms with Gasteiger partial charge in [-0.2, -0.15) is 0 Å². The third kappa shape index (κ3) is 7.06. The smallest absolute Gasteiger partial charge is 0.328 e. The van der Waals surface area contributed by atoms with Gasteiger partial charge in [-0.1, -0.05) is 20.8 Å². The van der Waals surface area contributed by atoms with Crippen LogP contribution in [0.25, 0.3) is 11.4 Å². The number of nitrogens with zero attached hydrogens (tertiary/aromatic N) is 3. The lowest BCUT2D eigenvalue weighted by Crippen LogP contribution is -2.41. The topological polar surface area (TPSA) is 162 Å². The average Bonchev–Trinajstić information content (AvgIpc) is 3.52. The fraction of sp³-hybridized carbons (Fsp3) is 0.440. The highest BCUT2D eigenvalue weighted by atomic mass is 32.1. The van der Waals surface area contributed by atoms with Crippen molar-refractivity contribution in [2.75, 3.05) is 19.5 Å². The first-order valence-electron chi connectivity index (χ1n) is 11.8. The third-order valence-corrected chi connectivity index (χ3v) is 6.79. The number of aromatic hydroxyl groups is 1. The lowest BCUT2D eigenvalue weighted by molar-refractivity contribution is -0.144. The minimum absolute atomic E-state index is 0.0418. The highest BCUT2D eigenvalue weighted by molar-refractivity contribution is 7.14. The molecule has 0 radical (unpaired) electrons. The number of carbonyl (C=O) groups excluding carboxylic acids is 4. The second-order valence-electron chi connectivity index (χ2n) is 9.52. The molecule has 204 valence electrons. The monoisotopic (exact) mass is 545 g/mol. The van der Waals surface area contributed by atoms with Crippen molar-refractivity contribution in [3.8, 4) is 17.3 Å². The summed E-state index contributed by atoms with van der Waals surface area (Å²) in [6, 6.07) is 4.01. The molecule has 0 aliphatic carbocycles. The van der Waals surface area contributed by atoms with Gasteiger partial charge in [-0.15, -0.1) is 11.3 Å². The number of carbonyl (C=O) groups is 4. The number of thiophene rings is 1. The van der Waals surface area contributed by atoms with Crippen LogP contribution in [-0.4, -0.2) is 63.7 Å². The molecule has 3 rings (SSSR count). The fourth-order valence-corrected chi connectivity index (χ4v) is 4.29. The molecule has 0 saturated heterocycles. The second kappa shape index (κ2) is 12.0. The van der Waals surface area contributed by atoms with Crippen LogP contribution in [0.1, 0.15) is 48.2 Å². The van der Waals surface area contributed by atoms with Crippen molar-refractivity contribution < 1.29 is 33.8 Å². The van der Waals surface area contributed by atoms with Gasteiger partial charge < -0.3 is 29.8 Å². The largest absolute Gasteiger partial charge is 0.494 e. The van der Waals surface area contributed by atoms with E-state index in [1.54, 1.807) is 43.5 Å². The summed E-state index contributed by atoms with van der Waals surface area (Å²) in [6.07, 6.45) is 1.96. The number of methoxy groups -OCH3 is 2. The Morgan fingerprint density at radius 3 is 2.55 bits per heavy atom. The number of nitrogens with one attached hydrogen (secondary N) is 2. The van der Waals surface area contributed by atoms with Crippen molar-refractivity contribution in [1.29, 1.82) is 0 Å². The summed E-state index contributed by atoms with van der Waals surface area (Å²) in [5.41, 5.74) is -0.191. The zero-order chi connectivity index (χ0) is 28.0. The predicted molar refractivity (Wildman–Crippen MR) is 139 cm³/mol. The molecule has 0 saturated carbocycles. The quantitative estimate of drug-likeness (QED) is 0.325. The van der Waals surface area contributed by atoms with Crippen molar-refractivity contribution in [1.82, 2.24) is 19.9 Å². The number of esters is 2. The first-order chi connectivity index (χ1) is 17.9. The zero-order valence-corrected chi connectivity index (χ0v) is 22.7. The number of aryl methyl sites for hydroxylation is 2. The highest BCUT2D eigenvalue weighted by Gasteiger charge is 2.25. The Bertz CT molecular complexity index is 1290. The SMILES string of the molecule is COC(=O)CC[C@H](NC(=O)c1ccc(CCn2cnc3nc(NC(=O)C(C)(C)C)cc-3c2O)s1)C(=O)OC. The maximum absolute atomic E-state index is 12.7. The lowest BCUT2D eigenvalue weighted by atomic mass is 9.96. The van der Waals surface area contributed by atoms with Crippen LogP contribution < -0.4 is 10.6 Å². The summed E-state index contributed by atoms with van der Waals surface area (Å²) in [4.78, 5) is 58.2. The number of anilines is 1. The van der Waals surface area contributed by atoms with Gasteiger partial charge in [0, 0.05) is 23.3 Å². The van der Waals surface area contributed by atoms with Gasteiger partial charge in [0.15, 0.2) is 5.82 Å². The van der Waals surface area contributed by atoms with E-state index in [4.69, 9.17) is 4.74 Å². The number of rotatable bonds is 10. The minimum atomic E-state index is -0.987. The number of hydrogen-bond donors (Lipinski definition) is 3. The number of hydrogen-bond acceptors (Lipinski definition) is 10. The van der Waals surface area contributed by atoms with Crippen molar-refractivity contribution in [3.05, 3.63) is 34.3 Å². The molecule has 0 bridgehead atoms. The van der Waals surface area contributed by atoms with E-state index >= 15 is 0 Å². The van der Waals surface area contributed by atoms with E-state index in [2.05, 4.69) is 25.3 Å². The van der Waals surface area contributed by atoms with Crippen molar-refractivity contribution >= 4 is 40.9 Å². The van der Waals surface area contributed by atoms with Gasteiger partial charge in [0.05, 0.1) is 31.0 Å². The van der Waals surface area contributed by atoms with Crippen LogP contribution >= 0.6 is 11.3 Å². The van der Waals surface area contributed by atoms with Crippen LogP contribution in [-0.2, 0) is 36.8 Å². The second-order valence-corrected chi connectivity index (χ2v) is 10.7. The number of aromatic nitrogens is 3. The van der Waals surface area contributed by atoms with E-state index in [0.29, 0.717) is 35.0 Å². The Balaban J connectivity index is 1.64. The summed E-state index contributed by atoms with van der Waals surface area (Å²) < 4.78 is 10.9. The van der Waals surface area contributed by atoms with Crippen LogP contribution in [0.4, 0.5) is 5.82 Å². The molecular weight excluding hydrogens is 514 g/mol. The molecule has 1 aromatic heterocycles. The van der Waals surface area contributed by atoms with Gasteiger partial charge in [-0.25, -0.2) is 14.8 Å². The standard InChI is InChI=1S/C25H31N5O7S/c1-25(2,3)24(35)29-18-12-15-20(28-18)26-13-30(22(15)33)11-10-14-6-8-17(38-14)21(32)27-16(23(34)37-5)7-9-19(31)36-4/h6,8,12-13,16,33H,7,9-11H2,1-5H3,(H,27,32)(H,29,35)/t16-/m0/s1. The fourth-order valence-electron chi connectivity index (χ4n) is 3.39. The maximum Gasteiger partial charge on any atom is 0.328 e. The number of ether oxygens (including phenoxy) is 2. The van der Waals surface area contributed by atoms with Gasteiger partial charge in [0.25, 0.3) is 5.91 Å². The normalized spacial score (nSPS) is 12.1. The molecule has 13 heteroatoms. The van der Waals surface area contributed by atoms with Crippen LogP contribution in [0.15, 0.2) is 24.5 Å². The van der Waals surface area contributed by atoms with Gasteiger partial charge in [-0.3, -0.25) is 14.4 Å². The third-order valence-electron chi connectivity index (χ3n) is 5.64. The van der Waals surface area contributed by atoms with Crippen molar-refractivity contribution in [3.63, 3.8) is 0 Å². The molecule has 12 nitrogen and oxygen atoms in total. The summed E-state index contributed by atoms with van der Waals surface area (Å²) >= 11 is 1.24. The summed E-state index contributed by atoms with van der Waals surface area (Å²) in [7, 11) is 2.45. The molecule has 0 aromatic carbocycles. The zero-order valence-electron chi connectivity index (χ0n) is 21.9. The lowest BCUT2D eigenvalue weighted by Gasteiger charge is -2.16. The van der Waals surface area contributed by atoms with E-state index in [0.717, 1.165) is 4.88 Å². The van der Waals surface area contributed by atoms with E-state index < -0.39 is 29.3 Å². The molecule has 38 heavy (non-hydrogen) atoms. The van der Waals surface area contributed by atoms with E-state index in [1.807, 2.05) is 0 Å². The van der Waals surface area contributed by atoms with Gasteiger partial charge in [0.2, 0.25) is 11.8 Å². The average molecular weight is 546 g/mol. The summed E-state index contributed by atoms with van der Waals surface area (Å²) in [5.74, 6) is -1.24. The minimum Gasteiger partial charge on any atom is -0.494 e. The molecule has 3 heterocycles. The summed E-state index contributed by atoms with van der Waals surface area (Å²) in [6.45, 7) is 5.74. The number of fused-ring (bicyclic) bond motifs is 1. The van der Waals surface area contributed by atoms with Crippen LogP contribution in [0.5, 0.6) is 5.88 Å². The molecule has 2 aliphatic rings. The van der Waals surface area contributed by atoms with Gasteiger partial charge in [0.1, 0.15) is 11.9 Å². The molecule has 1 atom stereocenters. The molecular formula is C25H31N5O7S. The Hall–Kier alpha value is -4.00. The van der Waals surface area contributed by atoms with Gasteiger partial charge in [-0.05, 0) is 31.0 Å². The van der Waals surface area contributed by atoms with Gasteiger partial charge >= 0.3 is 11.9 Å². The molecule has 2 amide bonds. The van der Waals surface area contributed by atoms with Crippen LogP contribution in [0.3, 0.4) is 0 Å². The Morgan fingerprint density at radius 1 is 1.16 bits per heavy atom. The molecule has 0 unspecified atom stereocenters. The van der Waals surface area contributed by atoms with Crippen LogP contribution in [0.2, 0.25) is 0 Å². The first-order valence-corrected chi connectivity index (χ1v) is 12.6. The molecule has 3 N–H and O–H groups in total. The predicted octanol–water partition coefficient (Wildman–Crippen LogP) is 2.60. The molecule has 2 aliphatic heterocycles. The summed E-state index contributed by atoms with van der Waals surface area (Å²) in [5, 5.41) is 16.1. The molecule has 0 fully saturated rings. The molecule has 1 aromatic rings. The Morgan fingerprint density at radius 2 is 1.89 bits per heavy atom. The van der Waals surface area contributed by atoms with E-state index in [-0.39, 0.29) is 24.6 Å². The van der Waals surface area contributed by atoms with E-state index in [9.17, 15) is 24.3 Å². The van der Waals surface area contributed by atoms with Crippen molar-refractivity contribution in [2.24, 2.45) is 5.41 Å². The van der Waals surface area contributed by atoms with Crippen molar-refractivity contribution in [2.45, 2.75) is 52.6 Å². The maximum atomic E-state index is 12.7. The first kappa shape index (κ1) is 28.6.